The predicted molar refractivity (Wildman–Crippen MR) is 105 cm³/mol. The normalized spacial score (nSPS) is 24.8. The second-order valence-electron chi connectivity index (χ2n) is 7.74. The molecule has 0 radical (unpaired) electrons. The van der Waals surface area contributed by atoms with Crippen molar-refractivity contribution in [3.8, 4) is 5.75 Å². The summed E-state index contributed by atoms with van der Waals surface area (Å²) >= 11 is 0. The van der Waals surface area contributed by atoms with Gasteiger partial charge in [0.2, 0.25) is 0 Å². The number of likely N-dealkylation sites (tertiary alicyclic amines) is 1. The Hall–Kier alpha value is -1.88. The molecule has 2 atom stereocenters. The van der Waals surface area contributed by atoms with Crippen LogP contribution in [0.5, 0.6) is 5.75 Å². The van der Waals surface area contributed by atoms with Crippen molar-refractivity contribution >= 4 is 0 Å². The first kappa shape index (κ1) is 17.5. The maximum absolute atomic E-state index is 10.00. The quantitative estimate of drug-likeness (QED) is 0.775. The molecule has 26 heavy (non-hydrogen) atoms. The minimum atomic E-state index is 0.416. The van der Waals surface area contributed by atoms with Gasteiger partial charge in [-0.3, -0.25) is 15.8 Å². The number of hydrogen-bond acceptors (Lipinski definition) is 4. The molecule has 2 aromatic rings. The van der Waals surface area contributed by atoms with Crippen molar-refractivity contribution in [2.75, 3.05) is 19.6 Å². The first-order chi connectivity index (χ1) is 12.8. The lowest BCUT2D eigenvalue weighted by Gasteiger charge is -2.36. The molecule has 4 nitrogen and oxygen atoms in total. The minimum Gasteiger partial charge on any atom is -0.508 e. The minimum absolute atomic E-state index is 0.416. The number of aromatic hydroxyl groups is 1. The fourth-order valence-electron chi connectivity index (χ4n) is 4.53. The van der Waals surface area contributed by atoms with Crippen LogP contribution in [-0.2, 0) is 13.0 Å². The third kappa shape index (κ3) is 4.09. The zero-order valence-electron chi connectivity index (χ0n) is 15.3. The summed E-state index contributed by atoms with van der Waals surface area (Å²) in [4.78, 5) is 2.47. The molecule has 2 saturated heterocycles. The highest BCUT2D eigenvalue weighted by molar-refractivity contribution is 5.31. The molecule has 3 N–H and O–H groups in total. The van der Waals surface area contributed by atoms with Crippen molar-refractivity contribution in [1.82, 2.24) is 15.8 Å². The Morgan fingerprint density at radius 1 is 0.962 bits per heavy atom. The van der Waals surface area contributed by atoms with E-state index < -0.39 is 0 Å². The average Bonchev–Trinajstić information content (AvgIpc) is 3.13. The number of hydrazine groups is 1. The van der Waals surface area contributed by atoms with Gasteiger partial charge in [0.1, 0.15) is 5.75 Å². The van der Waals surface area contributed by atoms with Gasteiger partial charge in [-0.05, 0) is 55.8 Å². The number of hydrogen-bond donors (Lipinski definition) is 3. The van der Waals surface area contributed by atoms with Crippen LogP contribution < -0.4 is 10.9 Å². The molecule has 0 saturated carbocycles. The molecule has 4 rings (SSSR count). The van der Waals surface area contributed by atoms with Crippen LogP contribution in [0.4, 0.5) is 0 Å². The zero-order chi connectivity index (χ0) is 17.8. The lowest BCUT2D eigenvalue weighted by atomic mass is 9.81. The highest BCUT2D eigenvalue weighted by atomic mass is 16.3. The summed E-state index contributed by atoms with van der Waals surface area (Å²) in [7, 11) is 0. The molecule has 138 valence electrons. The summed E-state index contributed by atoms with van der Waals surface area (Å²) in [5, 5.41) is 10.00. The van der Waals surface area contributed by atoms with E-state index in [2.05, 4.69) is 46.1 Å². The van der Waals surface area contributed by atoms with Gasteiger partial charge in [-0.25, -0.2) is 0 Å². The number of para-hydroxylation sites is 1. The molecule has 0 aliphatic carbocycles. The molecule has 0 aromatic heterocycles. The van der Waals surface area contributed by atoms with E-state index in [0.717, 1.165) is 44.1 Å². The van der Waals surface area contributed by atoms with E-state index >= 15 is 0 Å². The van der Waals surface area contributed by atoms with Crippen LogP contribution in [-0.4, -0.2) is 35.7 Å². The van der Waals surface area contributed by atoms with E-state index in [0.29, 0.717) is 17.7 Å². The Morgan fingerprint density at radius 3 is 2.46 bits per heavy atom. The largest absolute Gasteiger partial charge is 0.508 e. The molecule has 2 unspecified atom stereocenters. The van der Waals surface area contributed by atoms with Gasteiger partial charge in [0.25, 0.3) is 0 Å². The van der Waals surface area contributed by atoms with Gasteiger partial charge in [0, 0.05) is 24.7 Å². The summed E-state index contributed by atoms with van der Waals surface area (Å²) in [6.45, 7) is 4.12. The molecular formula is C22H29N3O. The predicted octanol–water partition coefficient (Wildman–Crippen LogP) is 2.94. The van der Waals surface area contributed by atoms with Crippen LogP contribution in [0.15, 0.2) is 54.6 Å². The van der Waals surface area contributed by atoms with E-state index in [1.54, 1.807) is 6.07 Å². The second kappa shape index (κ2) is 8.21. The Balaban J connectivity index is 1.32. The molecule has 4 heteroatoms. The van der Waals surface area contributed by atoms with Crippen molar-refractivity contribution in [2.45, 2.75) is 31.8 Å². The highest BCUT2D eigenvalue weighted by Gasteiger charge is 2.35. The Labute approximate surface area is 156 Å². The van der Waals surface area contributed by atoms with Crippen molar-refractivity contribution in [3.05, 3.63) is 65.7 Å². The number of nitrogens with zero attached hydrogens (tertiary/aromatic N) is 1. The number of rotatable bonds is 5. The summed E-state index contributed by atoms with van der Waals surface area (Å²) in [6.07, 6.45) is 3.58. The number of phenols is 1. The molecule has 0 spiro atoms. The molecule has 2 aliphatic heterocycles. The van der Waals surface area contributed by atoms with Gasteiger partial charge in [-0.2, -0.15) is 0 Å². The van der Waals surface area contributed by atoms with Crippen LogP contribution in [0.1, 0.15) is 24.0 Å². The maximum atomic E-state index is 10.00. The van der Waals surface area contributed by atoms with Crippen LogP contribution in [0.25, 0.3) is 0 Å². The van der Waals surface area contributed by atoms with Crippen molar-refractivity contribution < 1.29 is 5.11 Å². The van der Waals surface area contributed by atoms with E-state index in [-0.39, 0.29) is 0 Å². The lowest BCUT2D eigenvalue weighted by molar-refractivity contribution is 0.143. The average molecular weight is 351 g/mol. The van der Waals surface area contributed by atoms with E-state index in [1.807, 2.05) is 18.2 Å². The fourth-order valence-corrected chi connectivity index (χ4v) is 4.53. The Morgan fingerprint density at radius 2 is 1.69 bits per heavy atom. The summed E-state index contributed by atoms with van der Waals surface area (Å²) in [5.41, 5.74) is 9.43. The Kier molecular flexibility index (Phi) is 5.54. The van der Waals surface area contributed by atoms with Gasteiger partial charge in [-0.15, -0.1) is 0 Å². The van der Waals surface area contributed by atoms with Gasteiger partial charge in [0.15, 0.2) is 0 Å². The van der Waals surface area contributed by atoms with Gasteiger partial charge >= 0.3 is 0 Å². The molecule has 0 bridgehead atoms. The summed E-state index contributed by atoms with van der Waals surface area (Å²) < 4.78 is 0. The first-order valence-corrected chi connectivity index (χ1v) is 9.81. The fraction of sp³-hybridized carbons (Fsp3) is 0.455. The highest BCUT2D eigenvalue weighted by Crippen LogP contribution is 2.29. The van der Waals surface area contributed by atoms with E-state index in [4.69, 9.17) is 0 Å². The standard InChI is InChI=1S/C22H29N3O/c26-21-9-5-4-8-19(21)16-25-12-10-18(11-13-25)22-20(15-23-24-22)14-17-6-2-1-3-7-17/h1-9,18,20,22-24,26H,10-16H2. The molecular weight excluding hydrogens is 322 g/mol. The third-order valence-corrected chi connectivity index (χ3v) is 6.01. The second-order valence-corrected chi connectivity index (χ2v) is 7.74. The van der Waals surface area contributed by atoms with E-state index in [9.17, 15) is 5.11 Å². The summed E-state index contributed by atoms with van der Waals surface area (Å²) in [6, 6.07) is 19.1. The van der Waals surface area contributed by atoms with Gasteiger partial charge < -0.3 is 5.11 Å². The zero-order valence-corrected chi connectivity index (χ0v) is 15.3. The lowest BCUT2D eigenvalue weighted by Crippen LogP contribution is -2.44. The molecule has 0 amide bonds. The Bertz CT molecular complexity index is 698. The number of piperidine rings is 1. The van der Waals surface area contributed by atoms with Crippen LogP contribution >= 0.6 is 0 Å². The number of nitrogens with one attached hydrogen (secondary N) is 2. The van der Waals surface area contributed by atoms with Crippen LogP contribution in [0.2, 0.25) is 0 Å². The number of phenolic OH excluding ortho intramolecular Hbond substituents is 1. The van der Waals surface area contributed by atoms with Crippen LogP contribution in [0, 0.1) is 11.8 Å². The first-order valence-electron chi connectivity index (χ1n) is 9.81. The monoisotopic (exact) mass is 351 g/mol. The molecule has 2 aliphatic rings. The third-order valence-electron chi connectivity index (χ3n) is 6.01. The van der Waals surface area contributed by atoms with Crippen molar-refractivity contribution in [2.24, 2.45) is 11.8 Å². The van der Waals surface area contributed by atoms with Crippen LogP contribution in [0.3, 0.4) is 0 Å². The SMILES string of the molecule is Oc1ccccc1CN1CCC(C2NNCC2Cc2ccccc2)CC1. The summed E-state index contributed by atoms with van der Waals surface area (Å²) in [5.74, 6) is 1.80. The molecule has 2 aromatic carbocycles. The molecule has 2 fully saturated rings. The van der Waals surface area contributed by atoms with Gasteiger partial charge in [0.05, 0.1) is 0 Å². The van der Waals surface area contributed by atoms with E-state index in [1.165, 1.54) is 18.4 Å². The maximum Gasteiger partial charge on any atom is 0.120 e. The molecule has 2 heterocycles. The van der Waals surface area contributed by atoms with Crippen molar-refractivity contribution in [1.29, 1.82) is 0 Å². The smallest absolute Gasteiger partial charge is 0.120 e. The number of benzene rings is 2. The van der Waals surface area contributed by atoms with Crippen molar-refractivity contribution in [3.63, 3.8) is 0 Å². The topological polar surface area (TPSA) is 47.5 Å². The van der Waals surface area contributed by atoms with Gasteiger partial charge in [-0.1, -0.05) is 48.5 Å².